The van der Waals surface area contributed by atoms with Crippen LogP contribution in [0.1, 0.15) is 57.3 Å². The molecule has 2 heterocycles. The van der Waals surface area contributed by atoms with E-state index in [-0.39, 0.29) is 0 Å². The fourth-order valence-corrected chi connectivity index (χ4v) is 3.13. The maximum absolute atomic E-state index is 6.07. The fraction of sp³-hybridized carbons (Fsp3) is 0.800. The summed E-state index contributed by atoms with van der Waals surface area (Å²) in [6, 6.07) is 1.03. The highest BCUT2D eigenvalue weighted by Crippen LogP contribution is 2.39. The zero-order chi connectivity index (χ0) is 13.5. The summed E-state index contributed by atoms with van der Waals surface area (Å²) < 4.78 is 2.36. The van der Waals surface area contributed by atoms with E-state index in [4.69, 9.17) is 5.73 Å². The van der Waals surface area contributed by atoms with Crippen LogP contribution in [0, 0.1) is 5.41 Å². The minimum absolute atomic E-state index is 0.346. The molecule has 2 fully saturated rings. The molecule has 19 heavy (non-hydrogen) atoms. The standard InChI is InChI=1S/C15H26N4/c1-15(2)5-7-18(8-6-15)13(9-16)14-10-17-11-19(14)12-3-4-12/h10-13H,3-9,16H2,1-2H3. The van der Waals surface area contributed by atoms with Gasteiger partial charge in [-0.25, -0.2) is 4.98 Å². The average Bonchev–Trinajstić information content (AvgIpc) is 3.12. The lowest BCUT2D eigenvalue weighted by atomic mass is 9.82. The van der Waals surface area contributed by atoms with Crippen molar-refractivity contribution in [2.45, 2.75) is 51.6 Å². The predicted molar refractivity (Wildman–Crippen MR) is 76.9 cm³/mol. The zero-order valence-corrected chi connectivity index (χ0v) is 12.2. The number of rotatable bonds is 4. The van der Waals surface area contributed by atoms with Crippen LogP contribution < -0.4 is 5.73 Å². The Bertz CT molecular complexity index is 423. The summed E-state index contributed by atoms with van der Waals surface area (Å²) in [5.41, 5.74) is 7.89. The summed E-state index contributed by atoms with van der Waals surface area (Å²) >= 11 is 0. The van der Waals surface area contributed by atoms with Crippen molar-refractivity contribution in [3.05, 3.63) is 18.2 Å². The highest BCUT2D eigenvalue weighted by atomic mass is 15.2. The number of nitrogens with two attached hydrogens (primary N) is 1. The van der Waals surface area contributed by atoms with Gasteiger partial charge >= 0.3 is 0 Å². The van der Waals surface area contributed by atoms with Crippen LogP contribution in [-0.4, -0.2) is 34.1 Å². The molecule has 2 N–H and O–H groups in total. The topological polar surface area (TPSA) is 47.1 Å². The van der Waals surface area contributed by atoms with Crippen LogP contribution in [0.5, 0.6) is 0 Å². The maximum atomic E-state index is 6.07. The first kappa shape index (κ1) is 13.1. The smallest absolute Gasteiger partial charge is 0.0951 e. The molecule has 1 aliphatic carbocycles. The summed E-state index contributed by atoms with van der Waals surface area (Å²) in [6.07, 6.45) is 9.14. The molecule has 2 aliphatic rings. The Labute approximate surface area is 116 Å². The lowest BCUT2D eigenvalue weighted by molar-refractivity contribution is 0.0932. The van der Waals surface area contributed by atoms with Gasteiger partial charge in [0.2, 0.25) is 0 Å². The van der Waals surface area contributed by atoms with Gasteiger partial charge in [-0.15, -0.1) is 0 Å². The van der Waals surface area contributed by atoms with Crippen LogP contribution in [0.25, 0.3) is 0 Å². The molecular weight excluding hydrogens is 236 g/mol. The molecule has 4 nitrogen and oxygen atoms in total. The summed E-state index contributed by atoms with van der Waals surface area (Å²) in [6.45, 7) is 7.75. The van der Waals surface area contributed by atoms with E-state index < -0.39 is 0 Å². The van der Waals surface area contributed by atoms with Gasteiger partial charge < -0.3 is 10.3 Å². The summed E-state index contributed by atoms with van der Waals surface area (Å²) in [5, 5.41) is 0. The number of hydrogen-bond donors (Lipinski definition) is 1. The van der Waals surface area contributed by atoms with Gasteiger partial charge in [0.15, 0.2) is 0 Å². The van der Waals surface area contributed by atoms with E-state index in [0.29, 0.717) is 24.0 Å². The molecule has 1 aromatic rings. The molecule has 106 valence electrons. The third-order valence-electron chi connectivity index (χ3n) is 4.79. The molecule has 1 unspecified atom stereocenters. The average molecular weight is 262 g/mol. The van der Waals surface area contributed by atoms with E-state index in [1.165, 1.54) is 31.4 Å². The molecule has 0 bridgehead atoms. The number of imidazole rings is 1. The van der Waals surface area contributed by atoms with Crippen LogP contribution in [0.3, 0.4) is 0 Å². The SMILES string of the molecule is CC1(C)CCN(C(CN)c2cncn2C2CC2)CC1. The summed E-state index contributed by atoms with van der Waals surface area (Å²) in [4.78, 5) is 6.91. The summed E-state index contributed by atoms with van der Waals surface area (Å²) in [5.74, 6) is 0. The van der Waals surface area contributed by atoms with Crippen molar-refractivity contribution in [3.8, 4) is 0 Å². The first-order valence-electron chi connectivity index (χ1n) is 7.56. The minimum atomic E-state index is 0.346. The molecule has 1 saturated heterocycles. The third kappa shape index (κ3) is 2.70. The fourth-order valence-electron chi connectivity index (χ4n) is 3.13. The third-order valence-corrected chi connectivity index (χ3v) is 4.79. The Morgan fingerprint density at radius 2 is 2.05 bits per heavy atom. The molecule has 1 saturated carbocycles. The number of aromatic nitrogens is 2. The number of hydrogen-bond acceptors (Lipinski definition) is 3. The first-order valence-corrected chi connectivity index (χ1v) is 7.56. The molecule has 0 amide bonds. The van der Waals surface area contributed by atoms with E-state index >= 15 is 0 Å². The van der Waals surface area contributed by atoms with Crippen molar-refractivity contribution in [3.63, 3.8) is 0 Å². The largest absolute Gasteiger partial charge is 0.330 e. The predicted octanol–water partition coefficient (Wildman–Crippen LogP) is 2.34. The van der Waals surface area contributed by atoms with Gasteiger partial charge in [-0.05, 0) is 44.2 Å². The van der Waals surface area contributed by atoms with Crippen molar-refractivity contribution in [2.75, 3.05) is 19.6 Å². The highest BCUT2D eigenvalue weighted by Gasteiger charge is 2.33. The Morgan fingerprint density at radius 3 is 2.63 bits per heavy atom. The van der Waals surface area contributed by atoms with Crippen LogP contribution in [0.4, 0.5) is 0 Å². The van der Waals surface area contributed by atoms with Gasteiger partial charge in [-0.3, -0.25) is 4.90 Å². The lowest BCUT2D eigenvalue weighted by Gasteiger charge is -2.40. The molecular formula is C15H26N4. The molecule has 0 aromatic carbocycles. The molecule has 1 aromatic heterocycles. The van der Waals surface area contributed by atoms with Crippen LogP contribution in [0.15, 0.2) is 12.5 Å². The number of piperidine rings is 1. The quantitative estimate of drug-likeness (QED) is 0.906. The van der Waals surface area contributed by atoms with Crippen molar-refractivity contribution in [1.29, 1.82) is 0 Å². The van der Waals surface area contributed by atoms with Crippen molar-refractivity contribution >= 4 is 0 Å². The maximum Gasteiger partial charge on any atom is 0.0951 e. The second kappa shape index (κ2) is 4.91. The van der Waals surface area contributed by atoms with E-state index in [0.717, 1.165) is 13.1 Å². The van der Waals surface area contributed by atoms with E-state index in [1.807, 2.05) is 12.5 Å². The Balaban J connectivity index is 1.75. The number of likely N-dealkylation sites (tertiary alicyclic amines) is 1. The Hall–Kier alpha value is -0.870. The van der Waals surface area contributed by atoms with Gasteiger partial charge in [0, 0.05) is 18.8 Å². The van der Waals surface area contributed by atoms with Crippen molar-refractivity contribution in [1.82, 2.24) is 14.5 Å². The molecule has 3 rings (SSSR count). The second-order valence-corrected chi connectivity index (χ2v) is 6.91. The molecule has 0 spiro atoms. The van der Waals surface area contributed by atoms with E-state index in [2.05, 4.69) is 28.3 Å². The van der Waals surface area contributed by atoms with Crippen LogP contribution >= 0.6 is 0 Å². The monoisotopic (exact) mass is 262 g/mol. The van der Waals surface area contributed by atoms with Gasteiger partial charge in [-0.1, -0.05) is 13.8 Å². The second-order valence-electron chi connectivity index (χ2n) is 6.91. The van der Waals surface area contributed by atoms with Gasteiger partial charge in [0.1, 0.15) is 0 Å². The highest BCUT2D eigenvalue weighted by molar-refractivity contribution is 5.10. The summed E-state index contributed by atoms with van der Waals surface area (Å²) in [7, 11) is 0. The normalized spacial score (nSPS) is 25.4. The molecule has 4 heteroatoms. The van der Waals surface area contributed by atoms with Crippen LogP contribution in [0.2, 0.25) is 0 Å². The molecule has 1 atom stereocenters. The van der Waals surface area contributed by atoms with Gasteiger partial charge in [0.05, 0.1) is 18.1 Å². The number of nitrogens with zero attached hydrogens (tertiary/aromatic N) is 3. The first-order chi connectivity index (χ1) is 9.11. The molecule has 1 aliphatic heterocycles. The van der Waals surface area contributed by atoms with E-state index in [9.17, 15) is 0 Å². The zero-order valence-electron chi connectivity index (χ0n) is 12.2. The van der Waals surface area contributed by atoms with Gasteiger partial charge in [0.25, 0.3) is 0 Å². The lowest BCUT2D eigenvalue weighted by Crippen LogP contribution is -2.42. The Kier molecular flexibility index (Phi) is 3.39. The Morgan fingerprint density at radius 1 is 1.37 bits per heavy atom. The van der Waals surface area contributed by atoms with Crippen molar-refractivity contribution in [2.24, 2.45) is 11.1 Å². The minimum Gasteiger partial charge on any atom is -0.330 e. The van der Waals surface area contributed by atoms with Gasteiger partial charge in [-0.2, -0.15) is 0 Å². The van der Waals surface area contributed by atoms with Crippen LogP contribution in [-0.2, 0) is 0 Å². The van der Waals surface area contributed by atoms with Crippen molar-refractivity contribution < 1.29 is 0 Å². The molecule has 0 radical (unpaired) electrons. The van der Waals surface area contributed by atoms with E-state index in [1.54, 1.807) is 0 Å².